The van der Waals surface area contributed by atoms with Crippen LogP contribution in [0.5, 0.6) is 0 Å². The largest absolute Gasteiger partial charge is 0.354 e. The Bertz CT molecular complexity index is 1140. The van der Waals surface area contributed by atoms with E-state index in [1.54, 1.807) is 12.3 Å². The van der Waals surface area contributed by atoms with Crippen molar-refractivity contribution in [3.05, 3.63) is 58.8 Å². The van der Waals surface area contributed by atoms with Crippen molar-refractivity contribution in [1.29, 1.82) is 0 Å². The number of likely N-dealkylation sites (tertiary alicyclic amines) is 1. The molecule has 0 spiro atoms. The monoisotopic (exact) mass is 434 g/mol. The van der Waals surface area contributed by atoms with Crippen LogP contribution in [0.1, 0.15) is 65.7 Å². The van der Waals surface area contributed by atoms with Crippen molar-refractivity contribution in [2.24, 2.45) is 0 Å². The maximum Gasteiger partial charge on any atom is 0.272 e. The molecule has 32 heavy (non-hydrogen) atoms. The fourth-order valence-electron chi connectivity index (χ4n) is 4.38. The Labute approximate surface area is 188 Å². The van der Waals surface area contributed by atoms with Crippen LogP contribution >= 0.6 is 0 Å². The molecule has 0 bridgehead atoms. The van der Waals surface area contributed by atoms with Crippen LogP contribution in [0.15, 0.2) is 30.5 Å². The third-order valence-electron chi connectivity index (χ3n) is 6.01. The van der Waals surface area contributed by atoms with E-state index in [0.29, 0.717) is 31.6 Å². The molecule has 1 aliphatic rings. The molecule has 1 atom stereocenters. The number of hydrogen-bond donors (Lipinski definition) is 1. The van der Waals surface area contributed by atoms with Gasteiger partial charge in [-0.1, -0.05) is 6.07 Å². The average molecular weight is 435 g/mol. The highest BCUT2D eigenvalue weighted by molar-refractivity contribution is 5.92. The Balaban J connectivity index is 1.51. The van der Waals surface area contributed by atoms with Gasteiger partial charge in [-0.3, -0.25) is 14.6 Å². The molecule has 4 heterocycles. The van der Waals surface area contributed by atoms with Crippen LogP contribution in [0, 0.1) is 13.8 Å². The van der Waals surface area contributed by atoms with E-state index in [2.05, 4.69) is 10.3 Å². The predicted molar refractivity (Wildman–Crippen MR) is 122 cm³/mol. The van der Waals surface area contributed by atoms with Gasteiger partial charge in [-0.25, -0.2) is 9.50 Å². The fourth-order valence-corrected chi connectivity index (χ4v) is 4.38. The van der Waals surface area contributed by atoms with Gasteiger partial charge in [0.2, 0.25) is 5.91 Å². The zero-order valence-electron chi connectivity index (χ0n) is 19.1. The average Bonchev–Trinajstić information content (AvgIpc) is 3.40. The van der Waals surface area contributed by atoms with Gasteiger partial charge >= 0.3 is 0 Å². The Kier molecular flexibility index (Phi) is 6.21. The zero-order chi connectivity index (χ0) is 22.8. The Morgan fingerprint density at radius 3 is 2.78 bits per heavy atom. The molecule has 0 saturated carbocycles. The van der Waals surface area contributed by atoms with Crippen molar-refractivity contribution in [3.63, 3.8) is 0 Å². The van der Waals surface area contributed by atoms with Crippen molar-refractivity contribution >= 4 is 17.5 Å². The summed E-state index contributed by atoms with van der Waals surface area (Å²) in [7, 11) is 0. The van der Waals surface area contributed by atoms with E-state index in [1.807, 2.05) is 55.3 Å². The minimum Gasteiger partial charge on any atom is -0.354 e. The Morgan fingerprint density at radius 2 is 2.06 bits per heavy atom. The standard InChI is InChI=1S/C24H30N6O2/c1-15(2)26-23(31)9-8-19-16(3)27-22-13-21(28-30(22)17(19)4)18-10-12-29(14-18)24(32)20-7-5-6-11-25-20/h5-7,11,13,15,18H,8-10,12,14H2,1-4H3,(H,26,31). The number of carbonyl (C=O) groups excluding carboxylic acids is 2. The lowest BCUT2D eigenvalue weighted by Gasteiger charge is -2.15. The summed E-state index contributed by atoms with van der Waals surface area (Å²) in [6, 6.07) is 7.54. The first kappa shape index (κ1) is 21.9. The Morgan fingerprint density at radius 1 is 1.25 bits per heavy atom. The minimum absolute atomic E-state index is 0.0380. The van der Waals surface area contributed by atoms with Crippen molar-refractivity contribution in [3.8, 4) is 0 Å². The third-order valence-corrected chi connectivity index (χ3v) is 6.01. The smallest absolute Gasteiger partial charge is 0.272 e. The fraction of sp³-hybridized carbons (Fsp3) is 0.458. The molecule has 3 aromatic rings. The molecular weight excluding hydrogens is 404 g/mol. The van der Waals surface area contributed by atoms with Gasteiger partial charge < -0.3 is 10.2 Å². The molecule has 3 aromatic heterocycles. The second-order valence-corrected chi connectivity index (χ2v) is 8.77. The quantitative estimate of drug-likeness (QED) is 0.644. The van der Waals surface area contributed by atoms with E-state index < -0.39 is 0 Å². The van der Waals surface area contributed by atoms with Gasteiger partial charge in [0, 0.05) is 55.1 Å². The molecular formula is C24H30N6O2. The van der Waals surface area contributed by atoms with E-state index in [4.69, 9.17) is 10.1 Å². The molecule has 1 N–H and O–H groups in total. The summed E-state index contributed by atoms with van der Waals surface area (Å²) >= 11 is 0. The molecule has 4 rings (SSSR count). The topological polar surface area (TPSA) is 92.5 Å². The van der Waals surface area contributed by atoms with Crippen LogP contribution in [0.2, 0.25) is 0 Å². The van der Waals surface area contributed by atoms with Gasteiger partial charge in [0.15, 0.2) is 5.65 Å². The van der Waals surface area contributed by atoms with E-state index in [1.165, 1.54) is 0 Å². The van der Waals surface area contributed by atoms with Crippen LogP contribution < -0.4 is 5.32 Å². The van der Waals surface area contributed by atoms with E-state index in [9.17, 15) is 9.59 Å². The molecule has 8 heteroatoms. The van der Waals surface area contributed by atoms with E-state index in [0.717, 1.165) is 34.7 Å². The molecule has 1 fully saturated rings. The number of carbonyl (C=O) groups is 2. The number of nitrogens with one attached hydrogen (secondary N) is 1. The van der Waals surface area contributed by atoms with Crippen molar-refractivity contribution in [2.45, 2.75) is 58.9 Å². The predicted octanol–water partition coefficient (Wildman–Crippen LogP) is 2.83. The number of nitrogens with zero attached hydrogens (tertiary/aromatic N) is 5. The Hall–Kier alpha value is -3.29. The molecule has 1 unspecified atom stereocenters. The minimum atomic E-state index is -0.0380. The summed E-state index contributed by atoms with van der Waals surface area (Å²) in [6.45, 7) is 9.25. The molecule has 1 saturated heterocycles. The number of aromatic nitrogens is 4. The summed E-state index contributed by atoms with van der Waals surface area (Å²) in [5, 5.41) is 7.77. The lowest BCUT2D eigenvalue weighted by Crippen LogP contribution is -2.30. The number of pyridine rings is 1. The molecule has 168 valence electrons. The normalized spacial score (nSPS) is 16.2. The number of hydrogen-bond acceptors (Lipinski definition) is 5. The molecule has 0 aromatic carbocycles. The summed E-state index contributed by atoms with van der Waals surface area (Å²) in [6.07, 6.45) is 3.56. The zero-order valence-corrected chi connectivity index (χ0v) is 19.1. The van der Waals surface area contributed by atoms with Crippen LogP contribution in [0.3, 0.4) is 0 Å². The first-order chi connectivity index (χ1) is 15.3. The van der Waals surface area contributed by atoms with Gasteiger partial charge in [0.25, 0.3) is 5.91 Å². The van der Waals surface area contributed by atoms with E-state index >= 15 is 0 Å². The van der Waals surface area contributed by atoms with E-state index in [-0.39, 0.29) is 23.8 Å². The highest BCUT2D eigenvalue weighted by Crippen LogP contribution is 2.28. The first-order valence-corrected chi connectivity index (χ1v) is 11.2. The number of aryl methyl sites for hydroxylation is 2. The summed E-state index contributed by atoms with van der Waals surface area (Å²) in [4.78, 5) is 35.6. The third kappa shape index (κ3) is 4.49. The maximum absolute atomic E-state index is 12.7. The van der Waals surface area contributed by atoms with Gasteiger partial charge in [0.05, 0.1) is 5.69 Å². The van der Waals surface area contributed by atoms with Gasteiger partial charge in [0.1, 0.15) is 5.69 Å². The second kappa shape index (κ2) is 9.06. The van der Waals surface area contributed by atoms with Crippen LogP contribution in [0.25, 0.3) is 5.65 Å². The first-order valence-electron chi connectivity index (χ1n) is 11.2. The summed E-state index contributed by atoms with van der Waals surface area (Å²) in [5.41, 5.74) is 5.23. The number of rotatable bonds is 6. The number of fused-ring (bicyclic) bond motifs is 1. The van der Waals surface area contributed by atoms with Gasteiger partial charge in [-0.2, -0.15) is 5.10 Å². The highest BCUT2D eigenvalue weighted by Gasteiger charge is 2.30. The van der Waals surface area contributed by atoms with Gasteiger partial charge in [-0.05, 0) is 58.2 Å². The number of amides is 2. The van der Waals surface area contributed by atoms with Crippen LogP contribution in [-0.4, -0.2) is 55.4 Å². The molecule has 8 nitrogen and oxygen atoms in total. The van der Waals surface area contributed by atoms with Crippen molar-refractivity contribution in [2.75, 3.05) is 13.1 Å². The molecule has 1 aliphatic heterocycles. The van der Waals surface area contributed by atoms with Crippen molar-refractivity contribution < 1.29 is 9.59 Å². The van der Waals surface area contributed by atoms with Gasteiger partial charge in [-0.15, -0.1) is 0 Å². The van der Waals surface area contributed by atoms with Crippen LogP contribution in [0.4, 0.5) is 0 Å². The SMILES string of the molecule is Cc1nc2cc(C3CCN(C(=O)c4ccccn4)C3)nn2c(C)c1CCC(=O)NC(C)C. The van der Waals surface area contributed by atoms with Crippen LogP contribution in [-0.2, 0) is 11.2 Å². The molecule has 0 radical (unpaired) electrons. The van der Waals surface area contributed by atoms with Crippen molar-refractivity contribution in [1.82, 2.24) is 29.8 Å². The summed E-state index contributed by atoms with van der Waals surface area (Å²) in [5.74, 6) is 0.178. The molecule has 2 amide bonds. The highest BCUT2D eigenvalue weighted by atomic mass is 16.2. The second-order valence-electron chi connectivity index (χ2n) is 8.77. The lowest BCUT2D eigenvalue weighted by molar-refractivity contribution is -0.121. The molecule has 0 aliphatic carbocycles. The lowest BCUT2D eigenvalue weighted by atomic mass is 10.1. The maximum atomic E-state index is 12.7. The summed E-state index contributed by atoms with van der Waals surface area (Å²) < 4.78 is 1.88.